The van der Waals surface area contributed by atoms with Gasteiger partial charge in [0.2, 0.25) is 5.88 Å². The minimum absolute atomic E-state index is 0.258. The van der Waals surface area contributed by atoms with E-state index in [-0.39, 0.29) is 11.0 Å². The van der Waals surface area contributed by atoms with Crippen molar-refractivity contribution in [3.8, 4) is 11.6 Å². The number of ether oxygens (including phenoxy) is 1. The standard InChI is InChI=1S/C10H4BrCl3N2O/c11-7-9(14)15-4-16-10(7)17-6-3-1-2-5(12)8(6)13/h1-4H. The minimum Gasteiger partial charge on any atom is -0.436 e. The molecule has 0 aliphatic rings. The van der Waals surface area contributed by atoms with Gasteiger partial charge >= 0.3 is 0 Å². The zero-order valence-corrected chi connectivity index (χ0v) is 12.0. The predicted molar refractivity (Wildman–Crippen MR) is 71.3 cm³/mol. The van der Waals surface area contributed by atoms with Crippen molar-refractivity contribution < 1.29 is 4.74 Å². The fourth-order valence-corrected chi connectivity index (χ4v) is 1.81. The molecule has 0 radical (unpaired) electrons. The van der Waals surface area contributed by atoms with E-state index in [1.807, 2.05) is 0 Å². The van der Waals surface area contributed by atoms with Crippen LogP contribution in [0, 0.1) is 0 Å². The number of hydrogen-bond donors (Lipinski definition) is 0. The highest BCUT2D eigenvalue weighted by atomic mass is 79.9. The summed E-state index contributed by atoms with van der Waals surface area (Å²) in [5.41, 5.74) is 0. The molecule has 1 aromatic heterocycles. The number of halogens is 4. The number of rotatable bonds is 2. The van der Waals surface area contributed by atoms with E-state index >= 15 is 0 Å². The van der Waals surface area contributed by atoms with Crippen LogP contribution in [-0.4, -0.2) is 9.97 Å². The third kappa shape index (κ3) is 2.83. The summed E-state index contributed by atoms with van der Waals surface area (Å²) >= 11 is 20.9. The van der Waals surface area contributed by atoms with Crippen molar-refractivity contribution in [1.29, 1.82) is 0 Å². The van der Waals surface area contributed by atoms with Crippen LogP contribution in [-0.2, 0) is 0 Å². The number of aromatic nitrogens is 2. The average Bonchev–Trinajstić information content (AvgIpc) is 2.31. The van der Waals surface area contributed by atoms with E-state index in [2.05, 4.69) is 25.9 Å². The van der Waals surface area contributed by atoms with Crippen molar-refractivity contribution in [2.24, 2.45) is 0 Å². The monoisotopic (exact) mass is 352 g/mol. The van der Waals surface area contributed by atoms with Gasteiger partial charge in [0, 0.05) is 0 Å². The van der Waals surface area contributed by atoms with E-state index in [0.29, 0.717) is 20.3 Å². The third-order valence-electron chi connectivity index (χ3n) is 1.84. The Kier molecular flexibility index (Phi) is 4.09. The second-order valence-electron chi connectivity index (χ2n) is 2.94. The Morgan fingerprint density at radius 3 is 2.65 bits per heavy atom. The fourth-order valence-electron chi connectivity index (χ4n) is 1.07. The number of hydrogen-bond acceptors (Lipinski definition) is 3. The second kappa shape index (κ2) is 5.40. The molecular formula is C10H4BrCl3N2O. The van der Waals surface area contributed by atoms with Crippen molar-refractivity contribution in [3.63, 3.8) is 0 Å². The van der Waals surface area contributed by atoms with Gasteiger partial charge in [0.05, 0.1) is 5.02 Å². The summed E-state index contributed by atoms with van der Waals surface area (Å²) < 4.78 is 5.96. The second-order valence-corrected chi connectivity index (χ2v) is 4.87. The summed E-state index contributed by atoms with van der Waals surface area (Å²) in [6.45, 7) is 0. The number of nitrogens with zero attached hydrogens (tertiary/aromatic N) is 2. The molecule has 0 bridgehead atoms. The molecule has 17 heavy (non-hydrogen) atoms. The smallest absolute Gasteiger partial charge is 0.238 e. The molecule has 0 saturated carbocycles. The molecule has 3 nitrogen and oxygen atoms in total. The van der Waals surface area contributed by atoms with Crippen molar-refractivity contribution >= 4 is 50.7 Å². The summed E-state index contributed by atoms with van der Waals surface area (Å²) in [4.78, 5) is 7.73. The van der Waals surface area contributed by atoms with Gasteiger partial charge in [0.15, 0.2) is 5.15 Å². The molecule has 0 aliphatic carbocycles. The summed E-state index contributed by atoms with van der Waals surface area (Å²) in [5, 5.41) is 0.976. The van der Waals surface area contributed by atoms with E-state index in [9.17, 15) is 0 Å². The molecule has 2 rings (SSSR count). The zero-order chi connectivity index (χ0) is 12.4. The minimum atomic E-state index is 0.258. The van der Waals surface area contributed by atoms with E-state index in [1.165, 1.54) is 6.33 Å². The van der Waals surface area contributed by atoms with Crippen LogP contribution in [0.5, 0.6) is 11.6 Å². The SMILES string of the molecule is Clc1cccc(Oc2ncnc(Cl)c2Br)c1Cl. The van der Waals surface area contributed by atoms with E-state index in [0.717, 1.165) is 0 Å². The van der Waals surface area contributed by atoms with Gasteiger partial charge in [-0.3, -0.25) is 0 Å². The van der Waals surface area contributed by atoms with Crippen LogP contribution < -0.4 is 4.74 Å². The Morgan fingerprint density at radius 2 is 1.88 bits per heavy atom. The molecule has 0 amide bonds. The van der Waals surface area contributed by atoms with Gasteiger partial charge in [-0.05, 0) is 28.1 Å². The first-order valence-electron chi connectivity index (χ1n) is 4.37. The van der Waals surface area contributed by atoms with E-state index in [4.69, 9.17) is 39.5 Å². The fraction of sp³-hybridized carbons (Fsp3) is 0. The Balaban J connectivity index is 2.38. The van der Waals surface area contributed by atoms with Crippen LogP contribution in [0.4, 0.5) is 0 Å². The maximum Gasteiger partial charge on any atom is 0.238 e. The maximum absolute atomic E-state index is 5.99. The van der Waals surface area contributed by atoms with Crippen LogP contribution >= 0.6 is 50.7 Å². The van der Waals surface area contributed by atoms with Gasteiger partial charge in [-0.25, -0.2) is 9.97 Å². The van der Waals surface area contributed by atoms with E-state index in [1.54, 1.807) is 18.2 Å². The molecule has 0 fully saturated rings. The molecule has 1 heterocycles. The van der Waals surface area contributed by atoms with E-state index < -0.39 is 0 Å². The zero-order valence-electron chi connectivity index (χ0n) is 8.12. The normalized spacial score (nSPS) is 10.4. The molecule has 88 valence electrons. The summed E-state index contributed by atoms with van der Waals surface area (Å²) in [6.07, 6.45) is 1.29. The Bertz CT molecular complexity index is 516. The van der Waals surface area contributed by atoms with Crippen LogP contribution in [0.3, 0.4) is 0 Å². The highest BCUT2D eigenvalue weighted by Crippen LogP contribution is 2.37. The first-order valence-corrected chi connectivity index (χ1v) is 6.30. The van der Waals surface area contributed by atoms with Crippen molar-refractivity contribution in [2.45, 2.75) is 0 Å². The molecule has 7 heteroatoms. The van der Waals surface area contributed by atoms with Gasteiger partial charge in [-0.1, -0.05) is 40.9 Å². The molecule has 0 aliphatic heterocycles. The third-order valence-corrected chi connectivity index (χ3v) is 3.87. The highest BCUT2D eigenvalue weighted by molar-refractivity contribution is 9.10. The Labute approximate surface area is 121 Å². The first-order chi connectivity index (χ1) is 8.09. The van der Waals surface area contributed by atoms with Crippen LogP contribution in [0.2, 0.25) is 15.2 Å². The summed E-state index contributed by atoms with van der Waals surface area (Å²) in [6, 6.07) is 5.07. The molecule has 0 saturated heterocycles. The molecular weight excluding hydrogens is 350 g/mol. The van der Waals surface area contributed by atoms with Crippen LogP contribution in [0.1, 0.15) is 0 Å². The Morgan fingerprint density at radius 1 is 1.12 bits per heavy atom. The van der Waals surface area contributed by atoms with Gasteiger partial charge in [-0.2, -0.15) is 0 Å². The topological polar surface area (TPSA) is 35.0 Å². The molecule has 0 spiro atoms. The quantitative estimate of drug-likeness (QED) is 0.713. The summed E-state index contributed by atoms with van der Waals surface area (Å²) in [5.74, 6) is 0.670. The van der Waals surface area contributed by atoms with Crippen LogP contribution in [0.15, 0.2) is 29.0 Å². The van der Waals surface area contributed by atoms with Gasteiger partial charge in [-0.15, -0.1) is 0 Å². The lowest BCUT2D eigenvalue weighted by Gasteiger charge is -2.08. The average molecular weight is 354 g/mol. The first kappa shape index (κ1) is 12.9. The van der Waals surface area contributed by atoms with Crippen molar-refractivity contribution in [3.05, 3.63) is 44.2 Å². The molecule has 1 aromatic carbocycles. The largest absolute Gasteiger partial charge is 0.436 e. The molecule has 0 unspecified atom stereocenters. The number of benzene rings is 1. The summed E-state index contributed by atoms with van der Waals surface area (Å²) in [7, 11) is 0. The highest BCUT2D eigenvalue weighted by Gasteiger charge is 2.12. The van der Waals surface area contributed by atoms with Crippen molar-refractivity contribution in [2.75, 3.05) is 0 Å². The predicted octanol–water partition coefficient (Wildman–Crippen LogP) is 4.99. The maximum atomic E-state index is 5.99. The molecule has 0 N–H and O–H groups in total. The lowest BCUT2D eigenvalue weighted by atomic mass is 10.3. The molecule has 2 aromatic rings. The van der Waals surface area contributed by atoms with Gasteiger partial charge < -0.3 is 4.74 Å². The Hall–Kier alpha value is -0.550. The van der Waals surface area contributed by atoms with Crippen molar-refractivity contribution in [1.82, 2.24) is 9.97 Å². The lowest BCUT2D eigenvalue weighted by Crippen LogP contribution is -1.92. The van der Waals surface area contributed by atoms with Gasteiger partial charge in [0.25, 0.3) is 0 Å². The van der Waals surface area contributed by atoms with Crippen LogP contribution in [0.25, 0.3) is 0 Å². The lowest BCUT2D eigenvalue weighted by molar-refractivity contribution is 0.458. The van der Waals surface area contributed by atoms with Gasteiger partial charge in [0.1, 0.15) is 21.6 Å². The molecule has 0 atom stereocenters.